The van der Waals surface area contributed by atoms with Crippen LogP contribution in [0.15, 0.2) is 18.2 Å². The first kappa shape index (κ1) is 12.0. The second kappa shape index (κ2) is 5.27. The highest BCUT2D eigenvalue weighted by Crippen LogP contribution is 2.30. The molecule has 0 radical (unpaired) electrons. The minimum Gasteiger partial charge on any atom is -0.399 e. The molecule has 1 aliphatic rings. The average Bonchev–Trinajstić information content (AvgIpc) is 2.79. The van der Waals surface area contributed by atoms with Crippen molar-refractivity contribution in [1.29, 1.82) is 0 Å². The molecule has 0 bridgehead atoms. The minimum absolute atomic E-state index is 0.838. The van der Waals surface area contributed by atoms with E-state index in [-0.39, 0.29) is 0 Å². The number of aryl methyl sites for hydroxylation is 1. The Morgan fingerprint density at radius 2 is 2.06 bits per heavy atom. The van der Waals surface area contributed by atoms with Gasteiger partial charge in [0.2, 0.25) is 0 Å². The molecule has 0 saturated heterocycles. The van der Waals surface area contributed by atoms with Gasteiger partial charge in [-0.3, -0.25) is 0 Å². The summed E-state index contributed by atoms with van der Waals surface area (Å²) >= 11 is 1.81. The maximum absolute atomic E-state index is 5.80. The van der Waals surface area contributed by atoms with Crippen LogP contribution in [-0.4, -0.2) is 4.98 Å². The Balaban J connectivity index is 1.67. The second-order valence-electron chi connectivity index (χ2n) is 5.38. The zero-order chi connectivity index (χ0) is 12.4. The molecule has 1 aliphatic carbocycles. The molecule has 0 unspecified atom stereocenters. The monoisotopic (exact) mass is 260 g/mol. The SMILES string of the molecule is Nc1ccc2nc(CCC3CCCCC3)sc2c1. The highest BCUT2D eigenvalue weighted by molar-refractivity contribution is 7.18. The Bertz CT molecular complexity index is 526. The zero-order valence-corrected chi connectivity index (χ0v) is 11.5. The molecule has 0 amide bonds. The first-order valence-electron chi connectivity index (χ1n) is 6.96. The predicted octanol–water partition coefficient (Wildman–Crippen LogP) is 4.39. The number of hydrogen-bond donors (Lipinski definition) is 1. The Kier molecular flexibility index (Phi) is 3.50. The van der Waals surface area contributed by atoms with Crippen LogP contribution in [0, 0.1) is 5.92 Å². The lowest BCUT2D eigenvalue weighted by atomic mass is 9.86. The van der Waals surface area contributed by atoms with Gasteiger partial charge in [0.1, 0.15) is 0 Å². The molecule has 1 heterocycles. The summed E-state index contributed by atoms with van der Waals surface area (Å²) in [5, 5.41) is 1.28. The molecule has 1 aromatic heterocycles. The highest BCUT2D eigenvalue weighted by Gasteiger charge is 2.14. The fraction of sp³-hybridized carbons (Fsp3) is 0.533. The van der Waals surface area contributed by atoms with Crippen molar-refractivity contribution in [2.24, 2.45) is 5.92 Å². The van der Waals surface area contributed by atoms with Crippen LogP contribution in [0.2, 0.25) is 0 Å². The first-order chi connectivity index (χ1) is 8.81. The van der Waals surface area contributed by atoms with Gasteiger partial charge in [-0.1, -0.05) is 32.1 Å². The van der Waals surface area contributed by atoms with Crippen molar-refractivity contribution in [2.45, 2.75) is 44.9 Å². The average molecular weight is 260 g/mol. The van der Waals surface area contributed by atoms with E-state index in [0.29, 0.717) is 0 Å². The van der Waals surface area contributed by atoms with Crippen LogP contribution in [0.25, 0.3) is 10.2 Å². The second-order valence-corrected chi connectivity index (χ2v) is 6.49. The van der Waals surface area contributed by atoms with Crippen LogP contribution in [0.5, 0.6) is 0 Å². The van der Waals surface area contributed by atoms with E-state index in [1.807, 2.05) is 29.5 Å². The van der Waals surface area contributed by atoms with Gasteiger partial charge in [-0.2, -0.15) is 0 Å². The van der Waals surface area contributed by atoms with E-state index >= 15 is 0 Å². The third kappa shape index (κ3) is 2.66. The first-order valence-corrected chi connectivity index (χ1v) is 7.78. The normalized spacial score (nSPS) is 17.3. The molecule has 1 saturated carbocycles. The summed E-state index contributed by atoms with van der Waals surface area (Å²) in [7, 11) is 0. The molecule has 0 aliphatic heterocycles. The maximum Gasteiger partial charge on any atom is 0.0938 e. The molecule has 1 aromatic carbocycles. The van der Waals surface area contributed by atoms with Crippen LogP contribution in [-0.2, 0) is 6.42 Å². The summed E-state index contributed by atoms with van der Waals surface area (Å²) in [4.78, 5) is 4.70. The van der Waals surface area contributed by atoms with Gasteiger partial charge in [0.15, 0.2) is 0 Å². The van der Waals surface area contributed by atoms with Gasteiger partial charge in [0, 0.05) is 5.69 Å². The number of fused-ring (bicyclic) bond motifs is 1. The van der Waals surface area contributed by atoms with Crippen LogP contribution in [0.1, 0.15) is 43.5 Å². The van der Waals surface area contributed by atoms with Crippen molar-refractivity contribution in [3.8, 4) is 0 Å². The van der Waals surface area contributed by atoms with E-state index in [0.717, 1.165) is 23.5 Å². The fourth-order valence-corrected chi connectivity index (χ4v) is 3.93. The minimum atomic E-state index is 0.838. The largest absolute Gasteiger partial charge is 0.399 e. The molecule has 2 aromatic rings. The summed E-state index contributed by atoms with van der Waals surface area (Å²) in [6.45, 7) is 0. The quantitative estimate of drug-likeness (QED) is 0.831. The number of anilines is 1. The number of nitrogens with zero attached hydrogens (tertiary/aromatic N) is 1. The number of nitrogens with two attached hydrogens (primary N) is 1. The lowest BCUT2D eigenvalue weighted by Crippen LogP contribution is -2.07. The van der Waals surface area contributed by atoms with Crippen molar-refractivity contribution in [1.82, 2.24) is 4.98 Å². The van der Waals surface area contributed by atoms with Crippen LogP contribution >= 0.6 is 11.3 Å². The standard InChI is InChI=1S/C15H20N2S/c16-12-7-8-13-14(10-12)18-15(17-13)9-6-11-4-2-1-3-5-11/h7-8,10-11H,1-6,9,16H2. The number of hydrogen-bond acceptors (Lipinski definition) is 3. The van der Waals surface area contributed by atoms with Gasteiger partial charge in [-0.05, 0) is 37.0 Å². The van der Waals surface area contributed by atoms with Crippen molar-refractivity contribution in [2.75, 3.05) is 5.73 Å². The topological polar surface area (TPSA) is 38.9 Å². The summed E-state index contributed by atoms with van der Waals surface area (Å²) < 4.78 is 1.23. The third-order valence-electron chi connectivity index (χ3n) is 3.95. The summed E-state index contributed by atoms with van der Waals surface area (Å²) in [6, 6.07) is 6.01. The molecular weight excluding hydrogens is 240 g/mol. The summed E-state index contributed by atoms with van der Waals surface area (Å²) in [5.41, 5.74) is 7.75. The Labute approximate surface area is 112 Å². The molecule has 1 fully saturated rings. The van der Waals surface area contributed by atoms with E-state index in [9.17, 15) is 0 Å². The highest BCUT2D eigenvalue weighted by atomic mass is 32.1. The van der Waals surface area contributed by atoms with Gasteiger partial charge in [0.25, 0.3) is 0 Å². The number of thiazole rings is 1. The molecule has 0 atom stereocenters. The third-order valence-corrected chi connectivity index (χ3v) is 5.03. The van der Waals surface area contributed by atoms with Gasteiger partial charge in [-0.15, -0.1) is 11.3 Å². The van der Waals surface area contributed by atoms with Crippen molar-refractivity contribution < 1.29 is 0 Å². The summed E-state index contributed by atoms with van der Waals surface area (Å²) in [5.74, 6) is 0.941. The molecule has 18 heavy (non-hydrogen) atoms. The molecule has 96 valence electrons. The number of nitrogen functional groups attached to an aromatic ring is 1. The maximum atomic E-state index is 5.80. The number of aromatic nitrogens is 1. The molecular formula is C15H20N2S. The number of benzene rings is 1. The fourth-order valence-electron chi connectivity index (χ4n) is 2.90. The Morgan fingerprint density at radius 3 is 2.89 bits per heavy atom. The van der Waals surface area contributed by atoms with Crippen molar-refractivity contribution >= 4 is 27.2 Å². The Hall–Kier alpha value is -1.09. The van der Waals surface area contributed by atoms with E-state index < -0.39 is 0 Å². The van der Waals surface area contributed by atoms with Gasteiger partial charge in [0.05, 0.1) is 15.2 Å². The van der Waals surface area contributed by atoms with E-state index in [1.165, 1.54) is 48.2 Å². The molecule has 0 spiro atoms. The number of rotatable bonds is 3. The predicted molar refractivity (Wildman–Crippen MR) is 78.9 cm³/mol. The van der Waals surface area contributed by atoms with Crippen LogP contribution in [0.4, 0.5) is 5.69 Å². The van der Waals surface area contributed by atoms with Crippen LogP contribution in [0.3, 0.4) is 0 Å². The van der Waals surface area contributed by atoms with Gasteiger partial charge >= 0.3 is 0 Å². The molecule has 2 N–H and O–H groups in total. The van der Waals surface area contributed by atoms with Crippen LogP contribution < -0.4 is 5.73 Å². The van der Waals surface area contributed by atoms with Crippen molar-refractivity contribution in [3.63, 3.8) is 0 Å². The summed E-state index contributed by atoms with van der Waals surface area (Å²) in [6.07, 6.45) is 9.62. The van der Waals surface area contributed by atoms with Gasteiger partial charge < -0.3 is 5.73 Å². The van der Waals surface area contributed by atoms with E-state index in [4.69, 9.17) is 10.7 Å². The lowest BCUT2D eigenvalue weighted by Gasteiger charge is -2.20. The molecule has 3 rings (SSSR count). The Morgan fingerprint density at radius 1 is 1.22 bits per heavy atom. The molecule has 3 heteroatoms. The smallest absolute Gasteiger partial charge is 0.0938 e. The zero-order valence-electron chi connectivity index (χ0n) is 10.7. The van der Waals surface area contributed by atoms with E-state index in [2.05, 4.69) is 0 Å². The van der Waals surface area contributed by atoms with E-state index in [1.54, 1.807) is 0 Å². The lowest BCUT2D eigenvalue weighted by molar-refractivity contribution is 0.339. The molecule has 2 nitrogen and oxygen atoms in total. The van der Waals surface area contributed by atoms with Crippen molar-refractivity contribution in [3.05, 3.63) is 23.2 Å². The van der Waals surface area contributed by atoms with Gasteiger partial charge in [-0.25, -0.2) is 4.98 Å².